The van der Waals surface area contributed by atoms with Crippen molar-refractivity contribution in [2.75, 3.05) is 0 Å². The first-order valence-corrected chi connectivity index (χ1v) is 7.08. The van der Waals surface area contributed by atoms with E-state index in [-0.39, 0.29) is 18.3 Å². The molecule has 1 aliphatic rings. The summed E-state index contributed by atoms with van der Waals surface area (Å²) in [5.41, 5.74) is 3.14. The molecule has 0 bridgehead atoms. The molecule has 1 saturated heterocycles. The third kappa shape index (κ3) is 2.25. The minimum absolute atomic E-state index is 0.260. The minimum atomic E-state index is -0.280. The van der Waals surface area contributed by atoms with Crippen LogP contribution in [0.1, 0.15) is 58.8 Å². The van der Waals surface area contributed by atoms with Gasteiger partial charge in [0.05, 0.1) is 11.2 Å². The maximum absolute atomic E-state index is 6.14. The van der Waals surface area contributed by atoms with Crippen molar-refractivity contribution < 1.29 is 9.31 Å². The molecule has 0 saturated carbocycles. The molecule has 0 radical (unpaired) electrons. The summed E-state index contributed by atoms with van der Waals surface area (Å²) >= 11 is 0. The average molecular weight is 263 g/mol. The van der Waals surface area contributed by atoms with Gasteiger partial charge in [0, 0.05) is 23.9 Å². The van der Waals surface area contributed by atoms with Gasteiger partial charge in [-0.15, -0.1) is 0 Å². The first kappa shape index (κ1) is 14.7. The Kier molecular flexibility index (Phi) is 3.39. The van der Waals surface area contributed by atoms with Crippen LogP contribution in [0.2, 0.25) is 0 Å². The number of hydrogen-bond acceptors (Lipinski definition) is 2. The van der Waals surface area contributed by atoms with Crippen LogP contribution in [0.5, 0.6) is 0 Å². The molecule has 0 spiro atoms. The highest BCUT2D eigenvalue weighted by molar-refractivity contribution is 6.62. The number of rotatable bonds is 2. The van der Waals surface area contributed by atoms with E-state index in [4.69, 9.17) is 9.31 Å². The topological polar surface area (TPSA) is 23.4 Å². The number of aromatic nitrogens is 1. The SMILES string of the molecule is Cc1c(B2OC(C)(C)C(C)(C)O2)cc(C(C)C)n1C. The largest absolute Gasteiger partial charge is 0.496 e. The Labute approximate surface area is 117 Å². The van der Waals surface area contributed by atoms with Gasteiger partial charge in [0.1, 0.15) is 0 Å². The monoisotopic (exact) mass is 263 g/mol. The molecular formula is C15H26BNO2. The molecule has 1 aromatic rings. The molecule has 1 aromatic heterocycles. The van der Waals surface area contributed by atoms with Crippen molar-refractivity contribution in [3.8, 4) is 0 Å². The molecule has 19 heavy (non-hydrogen) atoms. The van der Waals surface area contributed by atoms with Crippen molar-refractivity contribution in [1.29, 1.82) is 0 Å². The van der Waals surface area contributed by atoms with Crippen LogP contribution in [0.3, 0.4) is 0 Å². The molecule has 3 nitrogen and oxygen atoms in total. The van der Waals surface area contributed by atoms with Crippen LogP contribution < -0.4 is 5.46 Å². The zero-order valence-electron chi connectivity index (χ0n) is 13.5. The van der Waals surface area contributed by atoms with Gasteiger partial charge in [-0.25, -0.2) is 0 Å². The summed E-state index contributed by atoms with van der Waals surface area (Å²) in [5, 5.41) is 0. The second-order valence-electron chi connectivity index (χ2n) is 6.91. The molecule has 106 valence electrons. The highest BCUT2D eigenvalue weighted by atomic mass is 16.7. The van der Waals surface area contributed by atoms with E-state index in [2.05, 4.69) is 66.1 Å². The van der Waals surface area contributed by atoms with Crippen molar-refractivity contribution in [1.82, 2.24) is 4.57 Å². The lowest BCUT2D eigenvalue weighted by atomic mass is 9.79. The van der Waals surface area contributed by atoms with E-state index in [1.54, 1.807) is 0 Å². The first-order valence-electron chi connectivity index (χ1n) is 7.08. The standard InChI is InChI=1S/C15H26BNO2/c1-10(2)13-9-12(11(3)17(13)8)16-18-14(4,5)15(6,7)19-16/h9-10H,1-8H3. The molecule has 0 amide bonds. The summed E-state index contributed by atoms with van der Waals surface area (Å²) < 4.78 is 14.5. The Morgan fingerprint density at radius 3 is 1.95 bits per heavy atom. The predicted octanol–water partition coefficient (Wildman–Crippen LogP) is 2.76. The highest BCUT2D eigenvalue weighted by Gasteiger charge is 2.52. The Hall–Kier alpha value is -0.735. The lowest BCUT2D eigenvalue weighted by molar-refractivity contribution is 0.00578. The Morgan fingerprint density at radius 1 is 1.11 bits per heavy atom. The quantitative estimate of drug-likeness (QED) is 0.766. The summed E-state index contributed by atoms with van der Waals surface area (Å²) in [4.78, 5) is 0. The molecule has 2 rings (SSSR count). The smallest absolute Gasteiger partial charge is 0.399 e. The summed E-state index contributed by atoms with van der Waals surface area (Å²) in [6.45, 7) is 14.9. The Morgan fingerprint density at radius 2 is 1.58 bits per heavy atom. The third-order valence-corrected chi connectivity index (χ3v) is 4.71. The average Bonchev–Trinajstić information content (AvgIpc) is 2.64. The lowest BCUT2D eigenvalue weighted by Gasteiger charge is -2.32. The van der Waals surface area contributed by atoms with Gasteiger partial charge in [-0.1, -0.05) is 13.8 Å². The van der Waals surface area contributed by atoms with Crippen LogP contribution >= 0.6 is 0 Å². The second kappa shape index (κ2) is 4.39. The van der Waals surface area contributed by atoms with E-state index in [1.165, 1.54) is 11.4 Å². The predicted molar refractivity (Wildman–Crippen MR) is 80.0 cm³/mol. The van der Waals surface area contributed by atoms with Crippen LogP contribution in [0, 0.1) is 6.92 Å². The first-order chi connectivity index (χ1) is 8.57. The van der Waals surface area contributed by atoms with Gasteiger partial charge >= 0.3 is 7.12 Å². The van der Waals surface area contributed by atoms with Crippen molar-refractivity contribution in [2.24, 2.45) is 7.05 Å². The zero-order chi connectivity index (χ0) is 14.6. The number of hydrogen-bond donors (Lipinski definition) is 0. The summed E-state index contributed by atoms with van der Waals surface area (Å²) in [5.74, 6) is 0.500. The fourth-order valence-corrected chi connectivity index (χ4v) is 2.51. The maximum atomic E-state index is 6.14. The van der Waals surface area contributed by atoms with Crippen molar-refractivity contribution in [3.63, 3.8) is 0 Å². The van der Waals surface area contributed by atoms with Gasteiger partial charge in [0.2, 0.25) is 0 Å². The van der Waals surface area contributed by atoms with Crippen LogP contribution in [0.4, 0.5) is 0 Å². The van der Waals surface area contributed by atoms with Crippen LogP contribution in [-0.2, 0) is 16.4 Å². The summed E-state index contributed by atoms with van der Waals surface area (Å²) in [6, 6.07) is 2.22. The van der Waals surface area contributed by atoms with Crippen molar-refractivity contribution in [2.45, 2.75) is 65.6 Å². The van der Waals surface area contributed by atoms with Gasteiger partial charge < -0.3 is 13.9 Å². The second-order valence-corrected chi connectivity index (χ2v) is 6.91. The fraction of sp³-hybridized carbons (Fsp3) is 0.733. The number of nitrogens with zero attached hydrogens (tertiary/aromatic N) is 1. The maximum Gasteiger partial charge on any atom is 0.496 e. The third-order valence-electron chi connectivity index (χ3n) is 4.71. The van der Waals surface area contributed by atoms with E-state index in [0.29, 0.717) is 5.92 Å². The van der Waals surface area contributed by atoms with Crippen LogP contribution in [0.15, 0.2) is 6.07 Å². The molecule has 1 fully saturated rings. The molecule has 2 heterocycles. The summed E-state index contributed by atoms with van der Waals surface area (Å²) in [6.07, 6.45) is 0. The van der Waals surface area contributed by atoms with Gasteiger partial charge in [0.15, 0.2) is 0 Å². The van der Waals surface area contributed by atoms with E-state index in [9.17, 15) is 0 Å². The molecular weight excluding hydrogens is 237 g/mol. The minimum Gasteiger partial charge on any atom is -0.399 e. The molecule has 0 aliphatic carbocycles. The Bertz CT molecular complexity index is 473. The fourth-order valence-electron chi connectivity index (χ4n) is 2.51. The van der Waals surface area contributed by atoms with E-state index in [1.807, 2.05) is 0 Å². The molecule has 1 aliphatic heterocycles. The van der Waals surface area contributed by atoms with E-state index < -0.39 is 0 Å². The van der Waals surface area contributed by atoms with Crippen LogP contribution in [0.25, 0.3) is 0 Å². The summed E-state index contributed by atoms with van der Waals surface area (Å²) in [7, 11) is 1.85. The van der Waals surface area contributed by atoms with Gasteiger partial charge in [-0.2, -0.15) is 0 Å². The normalized spacial score (nSPS) is 21.4. The van der Waals surface area contributed by atoms with Crippen molar-refractivity contribution in [3.05, 3.63) is 17.5 Å². The van der Waals surface area contributed by atoms with Crippen molar-refractivity contribution >= 4 is 12.6 Å². The van der Waals surface area contributed by atoms with Gasteiger partial charge in [0.25, 0.3) is 0 Å². The highest BCUT2D eigenvalue weighted by Crippen LogP contribution is 2.37. The molecule has 0 atom stereocenters. The van der Waals surface area contributed by atoms with E-state index >= 15 is 0 Å². The molecule has 4 heteroatoms. The van der Waals surface area contributed by atoms with E-state index in [0.717, 1.165) is 5.46 Å². The Balaban J connectivity index is 2.38. The molecule has 0 unspecified atom stereocenters. The molecule has 0 aromatic carbocycles. The van der Waals surface area contributed by atoms with Crippen LogP contribution in [-0.4, -0.2) is 22.9 Å². The van der Waals surface area contributed by atoms with Gasteiger partial charge in [-0.3, -0.25) is 0 Å². The lowest BCUT2D eigenvalue weighted by Crippen LogP contribution is -2.41. The van der Waals surface area contributed by atoms with Gasteiger partial charge in [-0.05, 0) is 46.6 Å². The zero-order valence-corrected chi connectivity index (χ0v) is 13.5. The molecule has 0 N–H and O–H groups in total.